The van der Waals surface area contributed by atoms with E-state index in [1.807, 2.05) is 7.05 Å². The first-order valence-electron chi connectivity index (χ1n) is 4.21. The molecule has 1 aromatic rings. The quantitative estimate of drug-likeness (QED) is 0.729. The fourth-order valence-corrected chi connectivity index (χ4v) is 1.41. The highest BCUT2D eigenvalue weighted by Crippen LogP contribution is 2.05. The summed E-state index contributed by atoms with van der Waals surface area (Å²) in [6.07, 6.45) is 0. The van der Waals surface area contributed by atoms with Gasteiger partial charge in [0.2, 0.25) is 0 Å². The molecule has 4 heteroatoms. The molecule has 14 heavy (non-hydrogen) atoms. The van der Waals surface area contributed by atoms with Crippen LogP contribution in [-0.2, 0) is 6.54 Å². The van der Waals surface area contributed by atoms with E-state index < -0.39 is 0 Å². The molecule has 0 fully saturated rings. The van der Waals surface area contributed by atoms with E-state index in [9.17, 15) is 4.39 Å². The average molecular weight is 238 g/mol. The summed E-state index contributed by atoms with van der Waals surface area (Å²) in [7, 11) is 1.99. The Morgan fingerprint density at radius 3 is 2.36 bits per heavy atom. The predicted octanol–water partition coefficient (Wildman–Crippen LogP) is 2.92. The number of rotatable bonds is 4. The van der Waals surface area contributed by atoms with Gasteiger partial charge in [0, 0.05) is 19.0 Å². The van der Waals surface area contributed by atoms with Crippen molar-refractivity contribution in [1.29, 1.82) is 0 Å². The Morgan fingerprint density at radius 1 is 1.29 bits per heavy atom. The molecule has 0 aliphatic carbocycles. The van der Waals surface area contributed by atoms with Gasteiger partial charge < -0.3 is 4.90 Å². The van der Waals surface area contributed by atoms with Crippen molar-refractivity contribution >= 4 is 24.0 Å². The van der Waals surface area contributed by atoms with Gasteiger partial charge in [-0.05, 0) is 24.7 Å². The zero-order valence-electron chi connectivity index (χ0n) is 8.04. The van der Waals surface area contributed by atoms with Gasteiger partial charge >= 0.3 is 0 Å². The van der Waals surface area contributed by atoms with E-state index in [0.29, 0.717) is 5.88 Å². The second kappa shape index (κ2) is 7.04. The van der Waals surface area contributed by atoms with Gasteiger partial charge in [-0.25, -0.2) is 4.39 Å². The molecule has 0 aliphatic heterocycles. The third-order valence-corrected chi connectivity index (χ3v) is 2.00. The molecule has 0 heterocycles. The molecule has 0 saturated heterocycles. The Balaban J connectivity index is 0.00000169. The van der Waals surface area contributed by atoms with Crippen LogP contribution in [0.1, 0.15) is 5.56 Å². The first-order chi connectivity index (χ1) is 6.22. The van der Waals surface area contributed by atoms with Crippen LogP contribution in [-0.4, -0.2) is 24.4 Å². The van der Waals surface area contributed by atoms with Crippen LogP contribution in [0.3, 0.4) is 0 Å². The molecule has 0 radical (unpaired) electrons. The zero-order valence-corrected chi connectivity index (χ0v) is 9.61. The van der Waals surface area contributed by atoms with Crippen LogP contribution >= 0.6 is 24.0 Å². The summed E-state index contributed by atoms with van der Waals surface area (Å²) >= 11 is 5.59. The highest BCUT2D eigenvalue weighted by atomic mass is 35.5. The minimum absolute atomic E-state index is 0. The summed E-state index contributed by atoms with van der Waals surface area (Å²) in [5.41, 5.74) is 1.11. The Kier molecular flexibility index (Phi) is 6.89. The Bertz CT molecular complexity index is 251. The maximum atomic E-state index is 12.5. The number of nitrogens with zero attached hydrogens (tertiary/aromatic N) is 1. The number of halogens is 3. The van der Waals surface area contributed by atoms with E-state index in [4.69, 9.17) is 11.6 Å². The normalized spacial score (nSPS) is 10.0. The van der Waals surface area contributed by atoms with Gasteiger partial charge in [0.05, 0.1) is 0 Å². The molecular formula is C10H14Cl2FN. The maximum Gasteiger partial charge on any atom is 0.123 e. The summed E-state index contributed by atoms with van der Waals surface area (Å²) in [4.78, 5) is 2.10. The molecule has 0 N–H and O–H groups in total. The van der Waals surface area contributed by atoms with Crippen molar-refractivity contribution in [2.45, 2.75) is 6.54 Å². The SMILES string of the molecule is CN(CCCl)Cc1ccc(F)cc1.Cl. The predicted molar refractivity (Wildman–Crippen MR) is 60.7 cm³/mol. The summed E-state index contributed by atoms with van der Waals surface area (Å²) in [5, 5.41) is 0. The topological polar surface area (TPSA) is 3.24 Å². The van der Waals surface area contributed by atoms with Gasteiger partial charge in [0.25, 0.3) is 0 Å². The summed E-state index contributed by atoms with van der Waals surface area (Å²) < 4.78 is 12.5. The van der Waals surface area contributed by atoms with Crippen LogP contribution in [0.5, 0.6) is 0 Å². The molecule has 0 bridgehead atoms. The molecule has 0 saturated carbocycles. The molecule has 0 aliphatic rings. The van der Waals surface area contributed by atoms with Crippen molar-refractivity contribution < 1.29 is 4.39 Å². The van der Waals surface area contributed by atoms with E-state index >= 15 is 0 Å². The summed E-state index contributed by atoms with van der Waals surface area (Å²) in [6, 6.07) is 6.54. The van der Waals surface area contributed by atoms with E-state index in [-0.39, 0.29) is 18.2 Å². The van der Waals surface area contributed by atoms with Crippen molar-refractivity contribution in [2.75, 3.05) is 19.5 Å². The highest BCUT2D eigenvalue weighted by Gasteiger charge is 1.98. The minimum Gasteiger partial charge on any atom is -0.301 e. The molecule has 1 nitrogen and oxygen atoms in total. The minimum atomic E-state index is -0.191. The van der Waals surface area contributed by atoms with Crippen molar-refractivity contribution in [2.24, 2.45) is 0 Å². The van der Waals surface area contributed by atoms with Crippen molar-refractivity contribution in [3.8, 4) is 0 Å². The van der Waals surface area contributed by atoms with Crippen LogP contribution in [0.25, 0.3) is 0 Å². The van der Waals surface area contributed by atoms with Crippen LogP contribution in [0.4, 0.5) is 4.39 Å². The first kappa shape index (κ1) is 13.7. The third kappa shape index (κ3) is 4.80. The molecule has 0 unspecified atom stereocenters. The van der Waals surface area contributed by atoms with Crippen molar-refractivity contribution in [1.82, 2.24) is 4.90 Å². The van der Waals surface area contributed by atoms with Gasteiger partial charge in [-0.15, -0.1) is 24.0 Å². The summed E-state index contributed by atoms with van der Waals surface area (Å²) in [5.74, 6) is 0.432. The lowest BCUT2D eigenvalue weighted by Gasteiger charge is -2.14. The molecule has 80 valence electrons. The van der Waals surface area contributed by atoms with Gasteiger partial charge in [0.1, 0.15) is 5.82 Å². The van der Waals surface area contributed by atoms with Crippen molar-refractivity contribution in [3.05, 3.63) is 35.6 Å². The van der Waals surface area contributed by atoms with Crippen LogP contribution < -0.4 is 0 Å². The van der Waals surface area contributed by atoms with Gasteiger partial charge in [-0.2, -0.15) is 0 Å². The average Bonchev–Trinajstić information content (AvgIpc) is 2.09. The molecule has 0 atom stereocenters. The fraction of sp³-hybridized carbons (Fsp3) is 0.400. The molecule has 1 rings (SSSR count). The fourth-order valence-electron chi connectivity index (χ4n) is 1.12. The number of alkyl halides is 1. The van der Waals surface area contributed by atoms with Gasteiger partial charge in [-0.3, -0.25) is 0 Å². The second-order valence-electron chi connectivity index (χ2n) is 3.05. The maximum absolute atomic E-state index is 12.5. The van der Waals surface area contributed by atoms with Crippen LogP contribution in [0, 0.1) is 5.82 Å². The lowest BCUT2D eigenvalue weighted by atomic mass is 10.2. The standard InChI is InChI=1S/C10H13ClFN.ClH/c1-13(7-6-11)8-9-2-4-10(12)5-3-9;/h2-5H,6-8H2,1H3;1H. The van der Waals surface area contributed by atoms with Crippen molar-refractivity contribution in [3.63, 3.8) is 0 Å². The van der Waals surface area contributed by atoms with Crippen LogP contribution in [0.15, 0.2) is 24.3 Å². The number of benzene rings is 1. The third-order valence-electron chi connectivity index (χ3n) is 1.83. The van der Waals surface area contributed by atoms with E-state index in [2.05, 4.69) is 4.90 Å². The lowest BCUT2D eigenvalue weighted by molar-refractivity contribution is 0.347. The lowest BCUT2D eigenvalue weighted by Crippen LogP contribution is -2.19. The van der Waals surface area contributed by atoms with E-state index in [1.165, 1.54) is 12.1 Å². The molecule has 0 amide bonds. The van der Waals surface area contributed by atoms with Gasteiger partial charge in [0.15, 0.2) is 0 Å². The number of hydrogen-bond acceptors (Lipinski definition) is 1. The zero-order chi connectivity index (χ0) is 9.68. The Hall–Kier alpha value is -0.310. The van der Waals surface area contributed by atoms with Gasteiger partial charge in [-0.1, -0.05) is 12.1 Å². The smallest absolute Gasteiger partial charge is 0.123 e. The highest BCUT2D eigenvalue weighted by molar-refractivity contribution is 6.18. The Labute approximate surface area is 95.3 Å². The molecule has 0 spiro atoms. The molecular weight excluding hydrogens is 224 g/mol. The summed E-state index contributed by atoms with van der Waals surface area (Å²) in [6.45, 7) is 1.66. The van der Waals surface area contributed by atoms with Crippen LogP contribution in [0.2, 0.25) is 0 Å². The Morgan fingerprint density at radius 2 is 1.86 bits per heavy atom. The van der Waals surface area contributed by atoms with E-state index in [0.717, 1.165) is 18.7 Å². The monoisotopic (exact) mass is 237 g/mol. The van der Waals surface area contributed by atoms with E-state index in [1.54, 1.807) is 12.1 Å². The largest absolute Gasteiger partial charge is 0.301 e. The number of hydrogen-bond donors (Lipinski definition) is 0. The molecule has 0 aromatic heterocycles. The molecule has 1 aromatic carbocycles. The first-order valence-corrected chi connectivity index (χ1v) is 4.75. The second-order valence-corrected chi connectivity index (χ2v) is 3.43.